The maximum Gasteiger partial charge on any atom is 0.247 e. The molecular weight excluding hydrogens is 515 g/mol. The number of benzene rings is 2. The molecule has 2 aromatic carbocycles. The number of hydrogen-bond donors (Lipinski definition) is 2. The molecule has 2 aromatic rings. The van der Waals surface area contributed by atoms with Crippen LogP contribution in [0.15, 0.2) is 58.4 Å². The van der Waals surface area contributed by atoms with Crippen LogP contribution in [0.25, 0.3) is 0 Å². The molecule has 0 spiro atoms. The Bertz CT molecular complexity index is 1360. The quantitative estimate of drug-likeness (QED) is 0.517. The van der Waals surface area contributed by atoms with Crippen molar-refractivity contribution in [2.24, 2.45) is 10.4 Å². The van der Waals surface area contributed by atoms with Crippen molar-refractivity contribution >= 4 is 33.4 Å². The lowest BCUT2D eigenvalue weighted by molar-refractivity contribution is -0.151. The number of nitrogens with one attached hydrogen (secondary N) is 2. The van der Waals surface area contributed by atoms with Crippen molar-refractivity contribution in [1.82, 2.24) is 14.9 Å². The predicted molar refractivity (Wildman–Crippen MR) is 141 cm³/mol. The monoisotopic (exact) mass is 546 g/mol. The summed E-state index contributed by atoms with van der Waals surface area (Å²) in [6.07, 6.45) is 1.76. The van der Waals surface area contributed by atoms with Crippen LogP contribution in [0.1, 0.15) is 52.5 Å². The first-order valence-electron chi connectivity index (χ1n) is 12.5. The van der Waals surface area contributed by atoms with Gasteiger partial charge < -0.3 is 10.6 Å². The minimum Gasteiger partial charge on any atom is -0.366 e. The summed E-state index contributed by atoms with van der Waals surface area (Å²) in [5.41, 5.74) is -0.909. The predicted octanol–water partition coefficient (Wildman–Crippen LogP) is 4.27. The molecule has 1 atom stereocenters. The van der Waals surface area contributed by atoms with Gasteiger partial charge in [0.2, 0.25) is 15.9 Å². The van der Waals surface area contributed by atoms with Crippen LogP contribution in [0.3, 0.4) is 0 Å². The van der Waals surface area contributed by atoms with E-state index in [4.69, 9.17) is 16.6 Å². The minimum atomic E-state index is -3.86. The molecule has 4 aliphatic rings. The van der Waals surface area contributed by atoms with E-state index in [-0.39, 0.29) is 33.8 Å². The lowest BCUT2D eigenvalue weighted by atomic mass is 9.38. The molecule has 3 fully saturated rings. The Kier molecular flexibility index (Phi) is 6.20. The Morgan fingerprint density at radius 1 is 1.19 bits per heavy atom. The number of hydrogen-bond acceptors (Lipinski definition) is 5. The van der Waals surface area contributed by atoms with Gasteiger partial charge in [-0.15, -0.1) is 0 Å². The van der Waals surface area contributed by atoms with Gasteiger partial charge in [0.15, 0.2) is 6.04 Å². The van der Waals surface area contributed by atoms with Crippen molar-refractivity contribution < 1.29 is 17.6 Å². The summed E-state index contributed by atoms with van der Waals surface area (Å²) in [6.45, 7) is 7.77. The second-order valence-electron chi connectivity index (χ2n) is 11.5. The third-order valence-electron chi connectivity index (χ3n) is 7.74. The van der Waals surface area contributed by atoms with Crippen LogP contribution in [0.2, 0.25) is 5.02 Å². The maximum absolute atomic E-state index is 14.2. The molecule has 198 valence electrons. The number of aliphatic imine (C=N–C) groups is 1. The van der Waals surface area contributed by atoms with E-state index in [1.54, 1.807) is 36.4 Å². The normalized spacial score (nSPS) is 27.8. The summed E-state index contributed by atoms with van der Waals surface area (Å²) in [5, 5.41) is 6.40. The van der Waals surface area contributed by atoms with Crippen LogP contribution in [0, 0.1) is 11.2 Å². The standard InChI is InChI=1S/C27H32ClFN4O3S/c1-17(2)30-23(34)22-25(3,4)32-24(31-22)26-14-27(15-26,16-26)33(13-18-10-11-20(28)21(29)12-18)37(35,36)19-8-6-5-7-9-19/h5-12,17,22H,13-16H2,1-4H3,(H,30,34)(H,31,32)/t22-,26?,27?/m1/s1. The largest absolute Gasteiger partial charge is 0.366 e. The number of nitrogens with zero attached hydrogens (tertiary/aromatic N) is 2. The first kappa shape index (κ1) is 26.1. The number of carbonyl (C=O) groups is 1. The zero-order valence-corrected chi connectivity index (χ0v) is 23.0. The third kappa shape index (κ3) is 4.34. The SMILES string of the molecule is CC(C)NC(=O)[C@H]1N=C(C23CC(N(Cc4ccc(Cl)c(F)c4)S(=O)(=O)c4ccccc4)(C2)C3)NC1(C)C. The van der Waals surface area contributed by atoms with Crippen molar-refractivity contribution in [3.8, 4) is 0 Å². The van der Waals surface area contributed by atoms with Gasteiger partial charge in [0.05, 0.1) is 15.5 Å². The average molecular weight is 547 g/mol. The molecule has 1 aliphatic heterocycles. The first-order valence-corrected chi connectivity index (χ1v) is 14.3. The fraction of sp³-hybridized carbons (Fsp3) is 0.481. The van der Waals surface area contributed by atoms with E-state index in [9.17, 15) is 17.6 Å². The Balaban J connectivity index is 1.42. The Morgan fingerprint density at radius 2 is 1.84 bits per heavy atom. The topological polar surface area (TPSA) is 90.9 Å². The third-order valence-corrected chi connectivity index (χ3v) is 10.0. The number of halogens is 2. The van der Waals surface area contributed by atoms with Crippen molar-refractivity contribution in [1.29, 1.82) is 0 Å². The molecular formula is C27H32ClFN4O3S. The summed E-state index contributed by atoms with van der Waals surface area (Å²) in [6, 6.07) is 12.2. The van der Waals surface area contributed by atoms with Crippen LogP contribution in [0.5, 0.6) is 0 Å². The van der Waals surface area contributed by atoms with E-state index in [0.29, 0.717) is 24.8 Å². The molecule has 3 saturated carbocycles. The van der Waals surface area contributed by atoms with Crippen LogP contribution < -0.4 is 10.6 Å². The minimum absolute atomic E-state index is 0.00493. The summed E-state index contributed by atoms with van der Waals surface area (Å²) < 4.78 is 43.4. The number of amides is 1. The lowest BCUT2D eigenvalue weighted by Crippen LogP contribution is -2.78. The number of carbonyl (C=O) groups excluding carboxylic acids is 1. The molecule has 1 heterocycles. The van der Waals surface area contributed by atoms with Crippen LogP contribution in [0.4, 0.5) is 4.39 Å². The molecule has 2 bridgehead atoms. The van der Waals surface area contributed by atoms with Gasteiger partial charge in [-0.1, -0.05) is 35.9 Å². The maximum atomic E-state index is 14.2. The smallest absolute Gasteiger partial charge is 0.247 e. The molecule has 0 unspecified atom stereocenters. The molecule has 0 aromatic heterocycles. The summed E-state index contributed by atoms with van der Waals surface area (Å²) in [5.74, 6) is 0.0717. The van der Waals surface area contributed by atoms with Gasteiger partial charge in [0.25, 0.3) is 0 Å². The zero-order chi connectivity index (χ0) is 26.8. The van der Waals surface area contributed by atoms with Gasteiger partial charge in [-0.25, -0.2) is 12.8 Å². The Hall–Kier alpha value is -2.49. The molecule has 2 N–H and O–H groups in total. The molecule has 6 rings (SSSR count). The molecule has 1 amide bonds. The van der Waals surface area contributed by atoms with Crippen molar-refractivity contribution in [3.05, 3.63) is 64.9 Å². The number of rotatable bonds is 8. The van der Waals surface area contributed by atoms with Gasteiger partial charge in [0.1, 0.15) is 11.7 Å². The Morgan fingerprint density at radius 3 is 2.43 bits per heavy atom. The summed E-state index contributed by atoms with van der Waals surface area (Å²) in [4.78, 5) is 17.8. The van der Waals surface area contributed by atoms with Crippen LogP contribution >= 0.6 is 11.6 Å². The fourth-order valence-corrected chi connectivity index (χ4v) is 7.89. The highest BCUT2D eigenvalue weighted by atomic mass is 35.5. The van der Waals surface area contributed by atoms with Crippen molar-refractivity contribution in [3.63, 3.8) is 0 Å². The van der Waals surface area contributed by atoms with Gasteiger partial charge in [-0.3, -0.25) is 9.79 Å². The van der Waals surface area contributed by atoms with Crippen molar-refractivity contribution in [2.75, 3.05) is 0 Å². The second-order valence-corrected chi connectivity index (χ2v) is 13.8. The van der Waals surface area contributed by atoms with Gasteiger partial charge in [-0.2, -0.15) is 4.31 Å². The van der Waals surface area contributed by atoms with Gasteiger partial charge in [0, 0.05) is 23.5 Å². The molecule has 37 heavy (non-hydrogen) atoms. The number of amidine groups is 1. The molecule has 10 heteroatoms. The van der Waals surface area contributed by atoms with Gasteiger partial charge >= 0.3 is 0 Å². The summed E-state index contributed by atoms with van der Waals surface area (Å²) >= 11 is 5.86. The molecule has 0 radical (unpaired) electrons. The molecule has 0 saturated heterocycles. The van der Waals surface area contributed by atoms with E-state index in [0.717, 1.165) is 5.84 Å². The molecule has 3 aliphatic carbocycles. The van der Waals surface area contributed by atoms with E-state index >= 15 is 0 Å². The first-order chi connectivity index (χ1) is 17.3. The zero-order valence-electron chi connectivity index (χ0n) is 21.4. The highest BCUT2D eigenvalue weighted by molar-refractivity contribution is 7.89. The highest BCUT2D eigenvalue weighted by Gasteiger charge is 2.75. The van der Waals surface area contributed by atoms with E-state index in [1.165, 1.54) is 16.4 Å². The summed E-state index contributed by atoms with van der Waals surface area (Å²) in [7, 11) is -3.86. The highest BCUT2D eigenvalue weighted by Crippen LogP contribution is 2.71. The van der Waals surface area contributed by atoms with Crippen LogP contribution in [-0.4, -0.2) is 47.6 Å². The van der Waals surface area contributed by atoms with E-state index in [2.05, 4.69) is 10.6 Å². The fourth-order valence-electron chi connectivity index (χ4n) is 6.00. The Labute approximate surface area is 222 Å². The number of sulfonamides is 1. The van der Waals surface area contributed by atoms with E-state index < -0.39 is 33.0 Å². The second kappa shape index (κ2) is 8.78. The average Bonchev–Trinajstić information content (AvgIpc) is 3.09. The van der Waals surface area contributed by atoms with Crippen molar-refractivity contribution in [2.45, 2.75) is 81.6 Å². The van der Waals surface area contributed by atoms with Gasteiger partial charge in [-0.05, 0) is 76.8 Å². The van der Waals surface area contributed by atoms with Crippen LogP contribution in [-0.2, 0) is 21.4 Å². The van der Waals surface area contributed by atoms with E-state index in [1.807, 2.05) is 27.7 Å². The molecule has 7 nitrogen and oxygen atoms in total. The lowest BCUT2D eigenvalue weighted by Gasteiger charge is -2.73.